The van der Waals surface area contributed by atoms with Gasteiger partial charge in [0, 0.05) is 10.0 Å². The number of ketones is 1. The van der Waals surface area contributed by atoms with Gasteiger partial charge in [0.25, 0.3) is 0 Å². The predicted octanol–water partition coefficient (Wildman–Crippen LogP) is 3.70. The first-order chi connectivity index (χ1) is 11.9. The van der Waals surface area contributed by atoms with E-state index in [2.05, 4.69) is 15.9 Å². The van der Waals surface area contributed by atoms with Crippen molar-refractivity contribution in [3.8, 4) is 0 Å². The van der Waals surface area contributed by atoms with Crippen LogP contribution < -0.4 is 0 Å². The number of ether oxygens (including phenoxy) is 1. The molecule has 0 saturated heterocycles. The van der Waals surface area contributed by atoms with E-state index in [1.165, 1.54) is 0 Å². The van der Waals surface area contributed by atoms with Crippen molar-refractivity contribution in [1.29, 1.82) is 0 Å². The van der Waals surface area contributed by atoms with Gasteiger partial charge in [0.2, 0.25) is 0 Å². The second kappa shape index (κ2) is 9.03. The fraction of sp³-hybridized carbons (Fsp3) is 0.222. The van der Waals surface area contributed by atoms with Crippen molar-refractivity contribution < 1.29 is 23.1 Å². The number of rotatable bonds is 7. The Kier molecular flexibility index (Phi) is 7.04. The second-order valence-corrected chi connectivity index (χ2v) is 7.11. The summed E-state index contributed by atoms with van der Waals surface area (Å²) in [7, 11) is 0. The molecule has 0 aliphatic heterocycles. The van der Waals surface area contributed by atoms with Gasteiger partial charge < -0.3 is 9.29 Å². The third-order valence-corrected chi connectivity index (χ3v) is 4.63. The van der Waals surface area contributed by atoms with E-state index in [1.54, 1.807) is 55.5 Å². The average Bonchev–Trinajstić information content (AvgIpc) is 2.57. The maximum absolute atomic E-state index is 12.9. The number of benzene rings is 2. The molecule has 0 aromatic heterocycles. The van der Waals surface area contributed by atoms with Crippen molar-refractivity contribution in [2.24, 2.45) is 0 Å². The molecular formula is C18H17BrO5S. The molecule has 0 aliphatic carbocycles. The first-order valence-corrected chi connectivity index (χ1v) is 9.62. The van der Waals surface area contributed by atoms with Gasteiger partial charge in [-0.15, -0.1) is 0 Å². The van der Waals surface area contributed by atoms with E-state index >= 15 is 0 Å². The van der Waals surface area contributed by atoms with E-state index in [0.29, 0.717) is 16.7 Å². The Labute approximate surface area is 156 Å². The molecule has 2 aromatic rings. The molecule has 0 spiro atoms. The van der Waals surface area contributed by atoms with E-state index in [-0.39, 0.29) is 18.1 Å². The molecule has 0 bridgehead atoms. The molecule has 132 valence electrons. The second-order valence-electron chi connectivity index (χ2n) is 5.26. The van der Waals surface area contributed by atoms with Crippen LogP contribution in [0.5, 0.6) is 0 Å². The Morgan fingerprint density at radius 3 is 2.24 bits per heavy atom. The van der Waals surface area contributed by atoms with E-state index in [1.807, 2.05) is 0 Å². The zero-order valence-electron chi connectivity index (χ0n) is 13.5. The zero-order chi connectivity index (χ0) is 18.4. The third kappa shape index (κ3) is 5.32. The minimum absolute atomic E-state index is 0.0114. The summed E-state index contributed by atoms with van der Waals surface area (Å²) >= 11 is 1.38. The fourth-order valence-electron chi connectivity index (χ4n) is 2.35. The van der Waals surface area contributed by atoms with Gasteiger partial charge in [-0.2, -0.15) is 0 Å². The molecule has 0 radical (unpaired) electrons. The minimum Gasteiger partial charge on any atom is -0.465 e. The van der Waals surface area contributed by atoms with Gasteiger partial charge in [-0.25, -0.2) is 4.21 Å². The number of hydrogen-bond donors (Lipinski definition) is 1. The Hall–Kier alpha value is -1.83. The lowest BCUT2D eigenvalue weighted by molar-refractivity contribution is -0.143. The summed E-state index contributed by atoms with van der Waals surface area (Å²) in [5.41, 5.74) is 1.52. The molecule has 0 fully saturated rings. The summed E-state index contributed by atoms with van der Waals surface area (Å²) in [6.07, 6.45) is 0. The first kappa shape index (κ1) is 19.5. The van der Waals surface area contributed by atoms with Crippen LogP contribution in [-0.4, -0.2) is 27.1 Å². The van der Waals surface area contributed by atoms with Crippen molar-refractivity contribution in [2.45, 2.75) is 18.6 Å². The van der Waals surface area contributed by atoms with Crippen molar-refractivity contribution in [1.82, 2.24) is 0 Å². The highest BCUT2D eigenvalue weighted by Crippen LogP contribution is 2.25. The molecule has 0 aliphatic rings. The number of halogens is 1. The van der Waals surface area contributed by atoms with E-state index < -0.39 is 23.0 Å². The molecular weight excluding hydrogens is 408 g/mol. The Morgan fingerprint density at radius 1 is 1.12 bits per heavy atom. The Morgan fingerprint density at radius 2 is 1.72 bits per heavy atom. The highest BCUT2D eigenvalue weighted by molar-refractivity contribution is 9.10. The standard InChI is InChI=1S/C18H17BrO5S/c1-2-24-18(21)16(13-7-9-15(19)10-8-13)17(20)14-5-3-12(4-6-14)11-25(22)23/h3-10,16H,2,11H2,1H3,(H,22,23). The maximum atomic E-state index is 12.9. The fourth-order valence-corrected chi connectivity index (χ4v) is 3.09. The number of carbonyl (C=O) groups is 2. The van der Waals surface area contributed by atoms with Crippen LogP contribution in [0.25, 0.3) is 0 Å². The Bertz CT molecular complexity index is 771. The smallest absolute Gasteiger partial charge is 0.321 e. The molecule has 5 nitrogen and oxygen atoms in total. The van der Waals surface area contributed by atoms with Crippen molar-refractivity contribution >= 4 is 38.8 Å². The number of esters is 1. The number of Topliss-reactive ketones (excluding diaryl/α,β-unsaturated/α-hetero) is 1. The maximum Gasteiger partial charge on any atom is 0.321 e. The normalized spacial score (nSPS) is 13.1. The molecule has 0 heterocycles. The first-order valence-electron chi connectivity index (χ1n) is 7.55. The van der Waals surface area contributed by atoms with Crippen LogP contribution in [0.3, 0.4) is 0 Å². The van der Waals surface area contributed by atoms with Gasteiger partial charge in [0.1, 0.15) is 5.92 Å². The molecule has 2 rings (SSSR count). The molecule has 2 unspecified atom stereocenters. The van der Waals surface area contributed by atoms with Crippen LogP contribution in [0.1, 0.15) is 34.3 Å². The van der Waals surface area contributed by atoms with E-state index in [0.717, 1.165) is 4.47 Å². The molecule has 25 heavy (non-hydrogen) atoms. The van der Waals surface area contributed by atoms with Crippen LogP contribution in [0, 0.1) is 0 Å². The summed E-state index contributed by atoms with van der Waals surface area (Å²) in [5.74, 6) is -2.04. The van der Waals surface area contributed by atoms with Crippen LogP contribution in [0.4, 0.5) is 0 Å². The topological polar surface area (TPSA) is 80.7 Å². The number of hydrogen-bond acceptors (Lipinski definition) is 4. The lowest BCUT2D eigenvalue weighted by Crippen LogP contribution is -2.24. The molecule has 2 atom stereocenters. The Balaban J connectivity index is 2.32. The van der Waals surface area contributed by atoms with Crippen LogP contribution >= 0.6 is 15.9 Å². The molecule has 1 N–H and O–H groups in total. The summed E-state index contributed by atoms with van der Waals surface area (Å²) in [6.45, 7) is 1.87. The largest absolute Gasteiger partial charge is 0.465 e. The number of carbonyl (C=O) groups excluding carboxylic acids is 2. The summed E-state index contributed by atoms with van der Waals surface area (Å²) in [6, 6.07) is 13.2. The van der Waals surface area contributed by atoms with Gasteiger partial charge in [-0.05, 0) is 30.2 Å². The highest BCUT2D eigenvalue weighted by Gasteiger charge is 2.30. The van der Waals surface area contributed by atoms with E-state index in [9.17, 15) is 13.8 Å². The van der Waals surface area contributed by atoms with Crippen LogP contribution in [-0.2, 0) is 26.4 Å². The quantitative estimate of drug-likeness (QED) is 0.317. The van der Waals surface area contributed by atoms with Gasteiger partial charge in [0.05, 0.1) is 12.4 Å². The predicted molar refractivity (Wildman–Crippen MR) is 98.8 cm³/mol. The molecule has 0 saturated carbocycles. The van der Waals surface area contributed by atoms with Crippen molar-refractivity contribution in [2.75, 3.05) is 6.61 Å². The molecule has 7 heteroatoms. The lowest BCUT2D eigenvalue weighted by Gasteiger charge is -2.15. The highest BCUT2D eigenvalue weighted by atomic mass is 79.9. The van der Waals surface area contributed by atoms with Crippen LogP contribution in [0.2, 0.25) is 0 Å². The van der Waals surface area contributed by atoms with Crippen molar-refractivity contribution in [3.63, 3.8) is 0 Å². The monoisotopic (exact) mass is 424 g/mol. The van der Waals surface area contributed by atoms with Gasteiger partial charge >= 0.3 is 5.97 Å². The van der Waals surface area contributed by atoms with Crippen molar-refractivity contribution in [3.05, 3.63) is 69.7 Å². The summed E-state index contributed by atoms with van der Waals surface area (Å²) < 4.78 is 25.7. The zero-order valence-corrected chi connectivity index (χ0v) is 15.9. The SMILES string of the molecule is CCOC(=O)C(C(=O)c1ccc(CS(=O)O)cc1)c1ccc(Br)cc1. The van der Waals surface area contributed by atoms with Gasteiger partial charge in [-0.1, -0.05) is 52.3 Å². The minimum atomic E-state index is -1.95. The van der Waals surface area contributed by atoms with Gasteiger partial charge in [-0.3, -0.25) is 9.59 Å². The summed E-state index contributed by atoms with van der Waals surface area (Å²) in [4.78, 5) is 25.2. The van der Waals surface area contributed by atoms with Gasteiger partial charge in [0.15, 0.2) is 16.9 Å². The molecule has 0 amide bonds. The lowest BCUT2D eigenvalue weighted by atomic mass is 9.90. The van der Waals surface area contributed by atoms with Crippen LogP contribution in [0.15, 0.2) is 53.0 Å². The third-order valence-electron chi connectivity index (χ3n) is 3.52. The van der Waals surface area contributed by atoms with E-state index in [4.69, 9.17) is 9.29 Å². The average molecular weight is 425 g/mol. The molecule has 2 aromatic carbocycles. The summed E-state index contributed by atoms with van der Waals surface area (Å²) in [5, 5.41) is 0.